The van der Waals surface area contributed by atoms with E-state index in [9.17, 15) is 0 Å². The predicted molar refractivity (Wildman–Crippen MR) is 69.1 cm³/mol. The molecule has 4 N–H and O–H groups in total. The largest absolute Gasteiger partial charge is 0.392 e. The van der Waals surface area contributed by atoms with Gasteiger partial charge in [0.15, 0.2) is 0 Å². The van der Waals surface area contributed by atoms with Crippen LogP contribution < -0.4 is 0 Å². The van der Waals surface area contributed by atoms with E-state index >= 15 is 0 Å². The first kappa shape index (κ1) is 30.1. The number of hydrogen-bond donors (Lipinski definition) is 4. The molecule has 5 heteroatoms. The van der Waals surface area contributed by atoms with Crippen LogP contribution in [0.2, 0.25) is 0 Å². The second kappa shape index (κ2) is 57.3. The van der Waals surface area contributed by atoms with Crippen LogP contribution in [0.3, 0.4) is 0 Å². The van der Waals surface area contributed by atoms with E-state index in [1.54, 1.807) is 0 Å². The number of rotatable bonds is 4. The molecule has 0 aromatic heterocycles. The van der Waals surface area contributed by atoms with Crippen molar-refractivity contribution in [3.63, 3.8) is 0 Å². The number of aliphatic hydroxyl groups is 4. The van der Waals surface area contributed by atoms with Gasteiger partial charge in [-0.3, -0.25) is 0 Å². The molecule has 0 aromatic carbocycles. The van der Waals surface area contributed by atoms with E-state index in [4.69, 9.17) is 20.4 Å². The Hall–Kier alpha value is -0.317. The van der Waals surface area contributed by atoms with Crippen LogP contribution in [-0.2, 0) is 26.2 Å². The van der Waals surface area contributed by atoms with Crippen molar-refractivity contribution >= 4 is 0 Å². The summed E-state index contributed by atoms with van der Waals surface area (Å²) < 4.78 is 0. The Labute approximate surface area is 123 Å². The van der Waals surface area contributed by atoms with Gasteiger partial charge in [-0.1, -0.05) is 24.3 Å². The Morgan fingerprint density at radius 1 is 0.529 bits per heavy atom. The molecule has 0 amide bonds. The van der Waals surface area contributed by atoms with Gasteiger partial charge in [-0.2, -0.15) is 0 Å². The summed E-state index contributed by atoms with van der Waals surface area (Å²) in [6, 6.07) is 0. The normalized spacial score (nSPS) is 5.88. The topological polar surface area (TPSA) is 80.9 Å². The van der Waals surface area contributed by atoms with Crippen LogP contribution >= 0.6 is 0 Å². The number of hydrogen-bond acceptors (Lipinski definition) is 4. The molecule has 4 nitrogen and oxygen atoms in total. The molecular formula is C12H24O4Zr. The second-order valence-corrected chi connectivity index (χ2v) is 1.88. The number of aliphatic hydroxyl groups excluding tert-OH is 4. The smallest absolute Gasteiger partial charge is 0.0609 e. The molecule has 17 heavy (non-hydrogen) atoms. The SMILES string of the molecule is C=CCO.C=CCO.C=CCO.C=CCO.[Zr]. The Morgan fingerprint density at radius 2 is 0.588 bits per heavy atom. The van der Waals surface area contributed by atoms with Crippen LogP contribution in [0, 0.1) is 0 Å². The predicted octanol–water partition coefficient (Wildman–Crippen LogP) is 0.656. The van der Waals surface area contributed by atoms with E-state index in [2.05, 4.69) is 26.3 Å². The van der Waals surface area contributed by atoms with E-state index in [1.165, 1.54) is 24.3 Å². The molecule has 0 spiro atoms. The van der Waals surface area contributed by atoms with Gasteiger partial charge in [-0.05, 0) is 0 Å². The third kappa shape index (κ3) is 216. The summed E-state index contributed by atoms with van der Waals surface area (Å²) in [6.45, 7) is 13.2. The molecule has 0 aliphatic rings. The van der Waals surface area contributed by atoms with Crippen molar-refractivity contribution in [3.05, 3.63) is 50.6 Å². The maximum Gasteiger partial charge on any atom is 0.0609 e. The Balaban J connectivity index is -0.0000000369. The first-order chi connectivity index (χ1) is 7.66. The van der Waals surface area contributed by atoms with Crippen LogP contribution in [0.15, 0.2) is 50.6 Å². The zero-order chi connectivity index (χ0) is 13.7. The van der Waals surface area contributed by atoms with Gasteiger partial charge in [0.1, 0.15) is 0 Å². The van der Waals surface area contributed by atoms with Crippen LogP contribution in [-0.4, -0.2) is 46.9 Å². The first-order valence-corrected chi connectivity index (χ1v) is 4.53. The molecular weight excluding hydrogens is 299 g/mol. The summed E-state index contributed by atoms with van der Waals surface area (Å²) in [5.41, 5.74) is 0. The van der Waals surface area contributed by atoms with Gasteiger partial charge in [-0.25, -0.2) is 0 Å². The van der Waals surface area contributed by atoms with E-state index in [1.807, 2.05) is 0 Å². The molecule has 100 valence electrons. The van der Waals surface area contributed by atoms with Crippen molar-refractivity contribution in [1.82, 2.24) is 0 Å². The molecule has 0 saturated heterocycles. The Kier molecular flexibility index (Phi) is 101. The zero-order valence-electron chi connectivity index (χ0n) is 10.3. The third-order valence-electron chi connectivity index (χ3n) is 0.516. The maximum atomic E-state index is 7.76. The first-order valence-electron chi connectivity index (χ1n) is 4.53. The minimum absolute atomic E-state index is 0. The standard InChI is InChI=1S/4C3H6O.Zr/c4*1-2-3-4;/h4*2,4H,1,3H2;. The maximum absolute atomic E-state index is 7.76. The zero-order valence-corrected chi connectivity index (χ0v) is 12.7. The van der Waals surface area contributed by atoms with Crippen molar-refractivity contribution in [2.24, 2.45) is 0 Å². The van der Waals surface area contributed by atoms with Gasteiger partial charge >= 0.3 is 0 Å². The van der Waals surface area contributed by atoms with Crippen LogP contribution in [0.4, 0.5) is 0 Å². The fourth-order valence-corrected chi connectivity index (χ4v) is 0. The van der Waals surface area contributed by atoms with Crippen LogP contribution in [0.1, 0.15) is 0 Å². The van der Waals surface area contributed by atoms with Crippen molar-refractivity contribution in [3.8, 4) is 0 Å². The van der Waals surface area contributed by atoms with E-state index < -0.39 is 0 Å². The average molecular weight is 324 g/mol. The van der Waals surface area contributed by atoms with Crippen molar-refractivity contribution in [2.45, 2.75) is 0 Å². The Morgan fingerprint density at radius 3 is 0.588 bits per heavy atom. The molecule has 0 aromatic rings. The fraction of sp³-hybridized carbons (Fsp3) is 0.333. The van der Waals surface area contributed by atoms with E-state index in [0.29, 0.717) is 0 Å². The van der Waals surface area contributed by atoms with Crippen molar-refractivity contribution in [1.29, 1.82) is 0 Å². The molecule has 0 rings (SSSR count). The molecule has 0 atom stereocenters. The van der Waals surface area contributed by atoms with E-state index in [-0.39, 0.29) is 52.6 Å². The molecule has 0 fully saturated rings. The van der Waals surface area contributed by atoms with Gasteiger partial charge in [0.05, 0.1) is 26.4 Å². The van der Waals surface area contributed by atoms with E-state index in [0.717, 1.165) is 0 Å². The molecule has 0 bridgehead atoms. The summed E-state index contributed by atoms with van der Waals surface area (Å²) >= 11 is 0. The van der Waals surface area contributed by atoms with Gasteiger partial charge in [0, 0.05) is 26.2 Å². The van der Waals surface area contributed by atoms with Gasteiger partial charge in [-0.15, -0.1) is 26.3 Å². The van der Waals surface area contributed by atoms with Crippen LogP contribution in [0.5, 0.6) is 0 Å². The molecule has 0 unspecified atom stereocenters. The van der Waals surface area contributed by atoms with Crippen LogP contribution in [0.25, 0.3) is 0 Å². The summed E-state index contributed by atoms with van der Waals surface area (Å²) in [4.78, 5) is 0. The summed E-state index contributed by atoms with van der Waals surface area (Å²) in [7, 11) is 0. The second-order valence-electron chi connectivity index (χ2n) is 1.88. The average Bonchev–Trinajstić information content (AvgIpc) is 2.39. The van der Waals surface area contributed by atoms with Gasteiger partial charge in [0.2, 0.25) is 0 Å². The van der Waals surface area contributed by atoms with Crippen molar-refractivity contribution < 1.29 is 46.6 Å². The van der Waals surface area contributed by atoms with Gasteiger partial charge in [0.25, 0.3) is 0 Å². The van der Waals surface area contributed by atoms with Gasteiger partial charge < -0.3 is 20.4 Å². The molecule has 0 aliphatic carbocycles. The molecule has 0 saturated carbocycles. The summed E-state index contributed by atoms with van der Waals surface area (Å²) in [5.74, 6) is 0. The third-order valence-corrected chi connectivity index (χ3v) is 0.516. The fourth-order valence-electron chi connectivity index (χ4n) is 0. The summed E-state index contributed by atoms with van der Waals surface area (Å²) in [6.07, 6.45) is 5.72. The minimum atomic E-state index is 0. The summed E-state index contributed by atoms with van der Waals surface area (Å²) in [5, 5.41) is 31.0. The molecule has 0 heterocycles. The minimum Gasteiger partial charge on any atom is -0.392 e. The quantitative estimate of drug-likeness (QED) is 0.573. The van der Waals surface area contributed by atoms with Crippen molar-refractivity contribution in [2.75, 3.05) is 26.4 Å². The Bertz CT molecular complexity index is 106. The molecule has 0 radical (unpaired) electrons. The monoisotopic (exact) mass is 322 g/mol. The molecule has 0 aliphatic heterocycles.